The molecule has 1 amide bonds. The van der Waals surface area contributed by atoms with E-state index in [-0.39, 0.29) is 24.0 Å². The second-order valence-electron chi connectivity index (χ2n) is 6.17. The third-order valence-electron chi connectivity index (χ3n) is 4.45. The van der Waals surface area contributed by atoms with Crippen LogP contribution in [0.5, 0.6) is 0 Å². The highest BCUT2D eigenvalue weighted by molar-refractivity contribution is 5.95. The summed E-state index contributed by atoms with van der Waals surface area (Å²) >= 11 is 0. The van der Waals surface area contributed by atoms with Crippen LogP contribution >= 0.6 is 0 Å². The van der Waals surface area contributed by atoms with Gasteiger partial charge in [0.25, 0.3) is 5.91 Å². The van der Waals surface area contributed by atoms with Crippen LogP contribution in [0.2, 0.25) is 0 Å². The Morgan fingerprint density at radius 3 is 2.71 bits per heavy atom. The van der Waals surface area contributed by atoms with Gasteiger partial charge in [0.15, 0.2) is 5.43 Å². The van der Waals surface area contributed by atoms with Crippen molar-refractivity contribution in [3.05, 3.63) is 46.2 Å². The summed E-state index contributed by atoms with van der Waals surface area (Å²) in [6, 6.07) is 7.42. The third-order valence-corrected chi connectivity index (χ3v) is 4.45. The summed E-state index contributed by atoms with van der Waals surface area (Å²) in [4.78, 5) is 27.2. The molecule has 0 bridgehead atoms. The largest absolute Gasteiger partial charge is 0.391 e. The van der Waals surface area contributed by atoms with Crippen molar-refractivity contribution in [2.75, 3.05) is 0 Å². The van der Waals surface area contributed by atoms with Gasteiger partial charge in [0.05, 0.1) is 5.92 Å². The fourth-order valence-electron chi connectivity index (χ4n) is 3.20. The number of nitrogens with one attached hydrogen (secondary N) is 2. The van der Waals surface area contributed by atoms with Crippen LogP contribution in [0.15, 0.2) is 35.1 Å². The highest BCUT2D eigenvalue weighted by Gasteiger charge is 2.42. The van der Waals surface area contributed by atoms with E-state index in [0.29, 0.717) is 23.7 Å². The minimum Gasteiger partial charge on any atom is -0.350 e. The SMILES string of the molecule is O=C(N[C@H]1CCC[C@H](C(F)(F)F)C1)c1cc(=O)c2ccccc2[nH]1. The molecule has 1 saturated carbocycles. The van der Waals surface area contributed by atoms with Gasteiger partial charge in [-0.1, -0.05) is 18.6 Å². The maximum atomic E-state index is 12.8. The van der Waals surface area contributed by atoms with Gasteiger partial charge in [0, 0.05) is 23.0 Å². The van der Waals surface area contributed by atoms with E-state index in [1.807, 2.05) is 0 Å². The first-order valence-electron chi connectivity index (χ1n) is 7.84. The lowest BCUT2D eigenvalue weighted by Crippen LogP contribution is -2.42. The first-order valence-corrected chi connectivity index (χ1v) is 7.84. The summed E-state index contributed by atoms with van der Waals surface area (Å²) in [6.45, 7) is 0. The number of pyridine rings is 1. The standard InChI is InChI=1S/C17H17F3N2O2/c18-17(19,20)10-4-3-5-11(8-10)21-16(24)14-9-15(23)12-6-1-2-7-13(12)22-14/h1-2,6-7,9-11H,3-5,8H2,(H,21,24)(H,22,23)/t10-,11-/m0/s1. The molecule has 4 nitrogen and oxygen atoms in total. The number of para-hydroxylation sites is 1. The molecule has 0 radical (unpaired) electrons. The highest BCUT2D eigenvalue weighted by Crippen LogP contribution is 2.37. The smallest absolute Gasteiger partial charge is 0.350 e. The second kappa shape index (κ2) is 6.30. The van der Waals surface area contributed by atoms with Gasteiger partial charge >= 0.3 is 6.18 Å². The van der Waals surface area contributed by atoms with E-state index in [4.69, 9.17) is 0 Å². The topological polar surface area (TPSA) is 62.0 Å². The van der Waals surface area contributed by atoms with Crippen LogP contribution in [0.1, 0.15) is 36.2 Å². The summed E-state index contributed by atoms with van der Waals surface area (Å²) in [5.41, 5.74) is 0.283. The molecule has 0 aliphatic heterocycles. The van der Waals surface area contributed by atoms with E-state index in [0.717, 1.165) is 0 Å². The van der Waals surface area contributed by atoms with Gasteiger partial charge in [-0.3, -0.25) is 9.59 Å². The fraction of sp³-hybridized carbons (Fsp3) is 0.412. The Hall–Kier alpha value is -2.31. The Balaban J connectivity index is 1.77. The molecule has 2 N–H and O–H groups in total. The van der Waals surface area contributed by atoms with E-state index in [9.17, 15) is 22.8 Å². The van der Waals surface area contributed by atoms with Crippen molar-refractivity contribution in [1.29, 1.82) is 0 Å². The molecule has 0 saturated heterocycles. The van der Waals surface area contributed by atoms with Gasteiger partial charge in [-0.25, -0.2) is 0 Å². The van der Waals surface area contributed by atoms with E-state index in [1.54, 1.807) is 24.3 Å². The summed E-state index contributed by atoms with van der Waals surface area (Å²) in [5, 5.41) is 3.08. The number of rotatable bonds is 2. The first-order chi connectivity index (χ1) is 11.3. The summed E-state index contributed by atoms with van der Waals surface area (Å²) in [7, 11) is 0. The zero-order valence-electron chi connectivity index (χ0n) is 12.8. The second-order valence-corrected chi connectivity index (χ2v) is 6.17. The fourth-order valence-corrected chi connectivity index (χ4v) is 3.20. The molecule has 24 heavy (non-hydrogen) atoms. The van der Waals surface area contributed by atoms with Crippen molar-refractivity contribution in [2.24, 2.45) is 5.92 Å². The predicted octanol–water partition coefficient (Wildman–Crippen LogP) is 3.38. The van der Waals surface area contributed by atoms with Crippen LogP contribution in [-0.2, 0) is 0 Å². The van der Waals surface area contributed by atoms with Crippen LogP contribution in [-0.4, -0.2) is 23.1 Å². The van der Waals surface area contributed by atoms with Gasteiger partial charge in [-0.05, 0) is 31.4 Å². The molecule has 1 fully saturated rings. The van der Waals surface area contributed by atoms with Crippen molar-refractivity contribution >= 4 is 16.8 Å². The lowest BCUT2D eigenvalue weighted by molar-refractivity contribution is -0.183. The number of amides is 1. The van der Waals surface area contributed by atoms with Crippen LogP contribution < -0.4 is 10.7 Å². The van der Waals surface area contributed by atoms with Gasteiger partial charge in [0.1, 0.15) is 5.69 Å². The zero-order chi connectivity index (χ0) is 17.3. The number of aromatic nitrogens is 1. The Bertz CT molecular complexity index is 813. The molecular formula is C17H17F3N2O2. The molecule has 1 aromatic carbocycles. The molecule has 7 heteroatoms. The summed E-state index contributed by atoms with van der Waals surface area (Å²) in [6.07, 6.45) is -3.32. The summed E-state index contributed by atoms with van der Waals surface area (Å²) in [5.74, 6) is -1.93. The lowest BCUT2D eigenvalue weighted by Gasteiger charge is -2.31. The van der Waals surface area contributed by atoms with Gasteiger partial charge in [0.2, 0.25) is 0 Å². The Morgan fingerprint density at radius 2 is 1.96 bits per heavy atom. The number of H-pyrrole nitrogens is 1. The van der Waals surface area contributed by atoms with Crippen molar-refractivity contribution in [2.45, 2.75) is 37.9 Å². The number of halogens is 3. The van der Waals surface area contributed by atoms with Gasteiger partial charge in [-0.2, -0.15) is 13.2 Å². The van der Waals surface area contributed by atoms with Crippen molar-refractivity contribution in [3.63, 3.8) is 0 Å². The average Bonchev–Trinajstić information content (AvgIpc) is 2.54. The Morgan fingerprint density at radius 1 is 1.21 bits per heavy atom. The Kier molecular flexibility index (Phi) is 4.34. The number of fused-ring (bicyclic) bond motifs is 1. The molecule has 2 atom stereocenters. The molecule has 0 spiro atoms. The molecule has 128 valence electrons. The first kappa shape index (κ1) is 16.5. The number of hydrogen-bond donors (Lipinski definition) is 2. The number of alkyl halides is 3. The average molecular weight is 338 g/mol. The van der Waals surface area contributed by atoms with Crippen molar-refractivity contribution < 1.29 is 18.0 Å². The number of hydrogen-bond acceptors (Lipinski definition) is 2. The van der Waals surface area contributed by atoms with Crippen LogP contribution in [0.25, 0.3) is 10.9 Å². The number of benzene rings is 1. The monoisotopic (exact) mass is 338 g/mol. The van der Waals surface area contributed by atoms with E-state index in [2.05, 4.69) is 10.3 Å². The van der Waals surface area contributed by atoms with E-state index >= 15 is 0 Å². The molecule has 1 aliphatic rings. The van der Waals surface area contributed by atoms with E-state index < -0.39 is 24.0 Å². The third kappa shape index (κ3) is 3.44. The predicted molar refractivity (Wildman–Crippen MR) is 83.8 cm³/mol. The molecule has 0 unspecified atom stereocenters. The number of carbonyl (C=O) groups excluding carboxylic acids is 1. The maximum absolute atomic E-state index is 12.8. The van der Waals surface area contributed by atoms with Gasteiger partial charge in [-0.15, -0.1) is 0 Å². The number of aromatic amines is 1. The number of carbonyl (C=O) groups is 1. The van der Waals surface area contributed by atoms with Crippen LogP contribution in [0, 0.1) is 5.92 Å². The lowest BCUT2D eigenvalue weighted by atomic mass is 9.85. The quantitative estimate of drug-likeness (QED) is 0.882. The molecule has 3 rings (SSSR count). The van der Waals surface area contributed by atoms with Crippen LogP contribution in [0.3, 0.4) is 0 Å². The maximum Gasteiger partial charge on any atom is 0.391 e. The molecule has 1 heterocycles. The molecule has 1 aliphatic carbocycles. The molecular weight excluding hydrogens is 321 g/mol. The minimum atomic E-state index is -4.24. The summed E-state index contributed by atoms with van der Waals surface area (Å²) < 4.78 is 38.5. The van der Waals surface area contributed by atoms with Crippen LogP contribution in [0.4, 0.5) is 13.2 Å². The van der Waals surface area contributed by atoms with Crippen molar-refractivity contribution in [1.82, 2.24) is 10.3 Å². The molecule has 1 aromatic heterocycles. The highest BCUT2D eigenvalue weighted by atomic mass is 19.4. The minimum absolute atomic E-state index is 0.0628. The molecule has 2 aromatic rings. The van der Waals surface area contributed by atoms with Crippen molar-refractivity contribution in [3.8, 4) is 0 Å². The zero-order valence-corrected chi connectivity index (χ0v) is 12.8. The Labute approximate surface area is 136 Å². The normalized spacial score (nSPS) is 21.6. The van der Waals surface area contributed by atoms with E-state index in [1.165, 1.54) is 6.07 Å². The van der Waals surface area contributed by atoms with Gasteiger partial charge < -0.3 is 10.3 Å².